The van der Waals surface area contributed by atoms with Crippen LogP contribution < -0.4 is 5.73 Å². The Balaban J connectivity index is 2.69. The summed E-state index contributed by atoms with van der Waals surface area (Å²) < 4.78 is 1.66. The number of halogens is 1. The lowest BCUT2D eigenvalue weighted by molar-refractivity contribution is 0.767. The Morgan fingerprint density at radius 2 is 2.00 bits per heavy atom. The summed E-state index contributed by atoms with van der Waals surface area (Å²) in [5, 5.41) is 4.96. The molecule has 0 radical (unpaired) electrons. The minimum Gasteiger partial charge on any atom is -0.383 e. The maximum atomic E-state index is 6.12. The molecular formula is C11H12ClN3. The van der Waals surface area contributed by atoms with Gasteiger partial charge in [-0.25, -0.2) is 0 Å². The largest absolute Gasteiger partial charge is 0.383 e. The van der Waals surface area contributed by atoms with Crippen LogP contribution in [0.1, 0.15) is 5.69 Å². The van der Waals surface area contributed by atoms with E-state index < -0.39 is 0 Å². The minimum atomic E-state index is 0.639. The molecule has 15 heavy (non-hydrogen) atoms. The van der Waals surface area contributed by atoms with Crippen molar-refractivity contribution in [1.29, 1.82) is 0 Å². The van der Waals surface area contributed by atoms with Gasteiger partial charge < -0.3 is 5.73 Å². The lowest BCUT2D eigenvalue weighted by Crippen LogP contribution is -1.98. The predicted molar refractivity (Wildman–Crippen MR) is 62.8 cm³/mol. The van der Waals surface area contributed by atoms with Gasteiger partial charge in [-0.3, -0.25) is 4.68 Å². The summed E-state index contributed by atoms with van der Waals surface area (Å²) in [5.41, 5.74) is 8.69. The summed E-state index contributed by atoms with van der Waals surface area (Å²) in [6.45, 7) is 1.93. The zero-order valence-corrected chi connectivity index (χ0v) is 9.42. The topological polar surface area (TPSA) is 43.8 Å². The normalized spacial score (nSPS) is 10.6. The fourth-order valence-electron chi connectivity index (χ4n) is 1.67. The Labute approximate surface area is 93.5 Å². The van der Waals surface area contributed by atoms with Gasteiger partial charge in [0.15, 0.2) is 0 Å². The Kier molecular flexibility index (Phi) is 2.40. The number of hydrogen-bond acceptors (Lipinski definition) is 2. The predicted octanol–water partition coefficient (Wildman–Crippen LogP) is 2.63. The first-order valence-electron chi connectivity index (χ1n) is 4.65. The van der Waals surface area contributed by atoms with Crippen LogP contribution in [0.5, 0.6) is 0 Å². The summed E-state index contributed by atoms with van der Waals surface area (Å²) in [6.07, 6.45) is 0. The Morgan fingerprint density at radius 3 is 2.53 bits per heavy atom. The number of benzene rings is 1. The van der Waals surface area contributed by atoms with E-state index in [2.05, 4.69) is 5.10 Å². The lowest BCUT2D eigenvalue weighted by atomic mass is 10.1. The van der Waals surface area contributed by atoms with E-state index in [1.165, 1.54) is 0 Å². The first-order valence-corrected chi connectivity index (χ1v) is 5.03. The molecule has 0 bridgehead atoms. The third kappa shape index (κ3) is 1.59. The molecule has 0 aliphatic heterocycles. The highest BCUT2D eigenvalue weighted by Gasteiger charge is 2.14. The maximum Gasteiger partial charge on any atom is 0.129 e. The van der Waals surface area contributed by atoms with E-state index in [1.807, 2.05) is 38.2 Å². The van der Waals surface area contributed by atoms with Crippen molar-refractivity contribution < 1.29 is 0 Å². The summed E-state index contributed by atoms with van der Waals surface area (Å²) in [7, 11) is 1.82. The molecule has 0 aliphatic carbocycles. The van der Waals surface area contributed by atoms with Gasteiger partial charge in [-0.05, 0) is 13.0 Å². The molecular weight excluding hydrogens is 210 g/mol. The second-order valence-corrected chi connectivity index (χ2v) is 3.86. The van der Waals surface area contributed by atoms with E-state index in [-0.39, 0.29) is 0 Å². The molecule has 0 aliphatic rings. The van der Waals surface area contributed by atoms with E-state index in [0.717, 1.165) is 16.8 Å². The van der Waals surface area contributed by atoms with E-state index in [1.54, 1.807) is 4.68 Å². The third-order valence-electron chi connectivity index (χ3n) is 2.41. The summed E-state index contributed by atoms with van der Waals surface area (Å²) in [5.74, 6) is 0.639. The zero-order valence-electron chi connectivity index (χ0n) is 8.66. The molecule has 0 fully saturated rings. The average Bonchev–Trinajstić information content (AvgIpc) is 2.43. The number of hydrogen-bond donors (Lipinski definition) is 1. The van der Waals surface area contributed by atoms with Crippen molar-refractivity contribution in [1.82, 2.24) is 9.78 Å². The highest BCUT2D eigenvalue weighted by molar-refractivity contribution is 6.33. The molecule has 2 rings (SSSR count). The van der Waals surface area contributed by atoms with Gasteiger partial charge in [-0.15, -0.1) is 0 Å². The Bertz CT molecular complexity index is 503. The van der Waals surface area contributed by atoms with E-state index in [0.29, 0.717) is 10.8 Å². The monoisotopic (exact) mass is 221 g/mol. The molecule has 0 saturated heterocycles. The smallest absolute Gasteiger partial charge is 0.129 e. The quantitative estimate of drug-likeness (QED) is 0.805. The van der Waals surface area contributed by atoms with Crippen molar-refractivity contribution in [3.8, 4) is 11.1 Å². The number of nitrogens with zero attached hydrogens (tertiary/aromatic N) is 2. The number of anilines is 1. The highest BCUT2D eigenvalue weighted by Crippen LogP contribution is 2.33. The van der Waals surface area contributed by atoms with Crippen LogP contribution in [0.4, 0.5) is 5.82 Å². The second-order valence-electron chi connectivity index (χ2n) is 3.45. The SMILES string of the molecule is Cc1nn(C)c(N)c1-c1ccccc1Cl. The lowest BCUT2D eigenvalue weighted by Gasteiger charge is -2.04. The molecule has 0 atom stereocenters. The van der Waals surface area contributed by atoms with Crippen LogP contribution in [0.25, 0.3) is 11.1 Å². The van der Waals surface area contributed by atoms with Gasteiger partial charge in [0.25, 0.3) is 0 Å². The van der Waals surface area contributed by atoms with Crippen molar-refractivity contribution in [3.05, 3.63) is 35.0 Å². The van der Waals surface area contributed by atoms with Gasteiger partial charge in [-0.2, -0.15) is 5.10 Å². The van der Waals surface area contributed by atoms with Crippen LogP contribution in [0.2, 0.25) is 5.02 Å². The second kappa shape index (κ2) is 3.59. The molecule has 78 valence electrons. The molecule has 4 heteroatoms. The number of nitrogen functional groups attached to an aromatic ring is 1. The molecule has 1 aromatic carbocycles. The molecule has 1 heterocycles. The zero-order chi connectivity index (χ0) is 11.0. The summed E-state index contributed by atoms with van der Waals surface area (Å²) in [4.78, 5) is 0. The van der Waals surface area contributed by atoms with Gasteiger partial charge >= 0.3 is 0 Å². The molecule has 1 aromatic heterocycles. The number of rotatable bonds is 1. The Hall–Kier alpha value is -1.48. The van der Waals surface area contributed by atoms with Gasteiger partial charge in [-0.1, -0.05) is 29.8 Å². The van der Waals surface area contributed by atoms with Crippen molar-refractivity contribution in [3.63, 3.8) is 0 Å². The first-order chi connectivity index (χ1) is 7.11. The first kappa shape index (κ1) is 10.1. The van der Waals surface area contributed by atoms with Crippen molar-refractivity contribution in [2.24, 2.45) is 7.05 Å². The van der Waals surface area contributed by atoms with Crippen LogP contribution in [0.3, 0.4) is 0 Å². The third-order valence-corrected chi connectivity index (χ3v) is 2.74. The Morgan fingerprint density at radius 1 is 1.33 bits per heavy atom. The van der Waals surface area contributed by atoms with Crippen molar-refractivity contribution in [2.45, 2.75) is 6.92 Å². The molecule has 3 nitrogen and oxygen atoms in total. The van der Waals surface area contributed by atoms with Crippen LogP contribution in [-0.2, 0) is 7.05 Å². The molecule has 0 unspecified atom stereocenters. The van der Waals surface area contributed by atoms with Crippen molar-refractivity contribution >= 4 is 17.4 Å². The number of aromatic nitrogens is 2. The fourth-order valence-corrected chi connectivity index (χ4v) is 1.90. The van der Waals surface area contributed by atoms with Crippen LogP contribution >= 0.6 is 11.6 Å². The van der Waals surface area contributed by atoms with E-state index in [9.17, 15) is 0 Å². The molecule has 2 N–H and O–H groups in total. The van der Waals surface area contributed by atoms with Crippen molar-refractivity contribution in [2.75, 3.05) is 5.73 Å². The molecule has 0 saturated carbocycles. The highest BCUT2D eigenvalue weighted by atomic mass is 35.5. The maximum absolute atomic E-state index is 6.12. The van der Waals surface area contributed by atoms with Crippen LogP contribution in [-0.4, -0.2) is 9.78 Å². The van der Waals surface area contributed by atoms with Gasteiger partial charge in [0, 0.05) is 23.2 Å². The van der Waals surface area contributed by atoms with Crippen LogP contribution in [0, 0.1) is 6.92 Å². The van der Waals surface area contributed by atoms with E-state index >= 15 is 0 Å². The van der Waals surface area contributed by atoms with Gasteiger partial charge in [0.1, 0.15) is 5.82 Å². The summed E-state index contributed by atoms with van der Waals surface area (Å²) in [6, 6.07) is 7.63. The minimum absolute atomic E-state index is 0.639. The molecule has 0 spiro atoms. The standard InChI is InChI=1S/C11H12ClN3/c1-7-10(11(13)15(2)14-7)8-5-3-4-6-9(8)12/h3-6H,13H2,1-2H3. The van der Waals surface area contributed by atoms with Gasteiger partial charge in [0.05, 0.1) is 5.69 Å². The average molecular weight is 222 g/mol. The van der Waals surface area contributed by atoms with E-state index in [4.69, 9.17) is 17.3 Å². The summed E-state index contributed by atoms with van der Waals surface area (Å²) >= 11 is 6.12. The number of aryl methyl sites for hydroxylation is 2. The fraction of sp³-hybridized carbons (Fsp3) is 0.182. The van der Waals surface area contributed by atoms with Crippen LogP contribution in [0.15, 0.2) is 24.3 Å². The van der Waals surface area contributed by atoms with Gasteiger partial charge in [0.2, 0.25) is 0 Å². The number of nitrogens with two attached hydrogens (primary N) is 1. The molecule has 0 amide bonds. The molecule has 2 aromatic rings.